The van der Waals surface area contributed by atoms with Crippen LogP contribution in [0.2, 0.25) is 0 Å². The van der Waals surface area contributed by atoms with Crippen molar-refractivity contribution in [2.75, 3.05) is 26.2 Å². The van der Waals surface area contributed by atoms with E-state index in [2.05, 4.69) is 21.2 Å². The minimum Gasteiger partial charge on any atom is -0.462 e. The third-order valence-electron chi connectivity index (χ3n) is 5.09. The van der Waals surface area contributed by atoms with Crippen LogP contribution < -0.4 is 10.9 Å². The van der Waals surface area contributed by atoms with E-state index in [1.54, 1.807) is 0 Å². The number of benzene rings is 1. The Labute approximate surface area is 192 Å². The molecule has 0 saturated heterocycles. The van der Waals surface area contributed by atoms with Gasteiger partial charge in [0.15, 0.2) is 0 Å². The number of H-pyrrole nitrogens is 2. The van der Waals surface area contributed by atoms with Crippen molar-refractivity contribution in [2.24, 2.45) is 0 Å². The number of hydrogen-bond acceptors (Lipinski definition) is 6. The van der Waals surface area contributed by atoms with Crippen LogP contribution in [0.3, 0.4) is 0 Å². The van der Waals surface area contributed by atoms with Crippen LogP contribution in [0, 0.1) is 12.3 Å². The molecule has 2 aromatic heterocycles. The van der Waals surface area contributed by atoms with Crippen LogP contribution in [0.1, 0.15) is 37.6 Å². The highest BCUT2D eigenvalue weighted by molar-refractivity contribution is 7.89. The molecule has 33 heavy (non-hydrogen) atoms. The van der Waals surface area contributed by atoms with Gasteiger partial charge in [0.2, 0.25) is 10.0 Å². The molecule has 10 heteroatoms. The van der Waals surface area contributed by atoms with E-state index in [-0.39, 0.29) is 41.7 Å². The maximum Gasteiger partial charge on any atom is 0.340 e. The fourth-order valence-electron chi connectivity index (χ4n) is 3.51. The molecule has 0 saturated carbocycles. The summed E-state index contributed by atoms with van der Waals surface area (Å²) in [6, 6.07) is 4.58. The van der Waals surface area contributed by atoms with Gasteiger partial charge in [0, 0.05) is 41.6 Å². The third-order valence-corrected chi connectivity index (χ3v) is 6.93. The van der Waals surface area contributed by atoms with E-state index in [1.807, 2.05) is 20.8 Å². The van der Waals surface area contributed by atoms with E-state index in [4.69, 9.17) is 11.2 Å². The smallest absolute Gasteiger partial charge is 0.340 e. The van der Waals surface area contributed by atoms with Gasteiger partial charge >= 0.3 is 5.97 Å². The number of carbonyl (C=O) groups excluding carboxylic acids is 1. The molecular weight excluding hydrogens is 444 g/mol. The van der Waals surface area contributed by atoms with Gasteiger partial charge in [-0.2, -0.15) is 4.31 Å². The van der Waals surface area contributed by atoms with Crippen LogP contribution in [0.15, 0.2) is 34.1 Å². The van der Waals surface area contributed by atoms with Crippen molar-refractivity contribution in [1.82, 2.24) is 19.6 Å². The zero-order valence-corrected chi connectivity index (χ0v) is 19.7. The molecule has 0 bridgehead atoms. The van der Waals surface area contributed by atoms with Crippen LogP contribution in [-0.2, 0) is 14.8 Å². The van der Waals surface area contributed by atoms with E-state index in [0.717, 1.165) is 0 Å². The topological polar surface area (TPSA) is 124 Å². The number of esters is 1. The highest BCUT2D eigenvalue weighted by Gasteiger charge is 2.25. The SMILES string of the molecule is C#CCN(CCNC(C)C)S(=O)(=O)c1ccc2[nH]c(=O)c3[nH]cc(C(=O)OCCC)c3c2c1. The fraction of sp³-hybridized carbons (Fsp3) is 0.391. The Morgan fingerprint density at radius 1 is 1.33 bits per heavy atom. The first-order chi connectivity index (χ1) is 15.7. The summed E-state index contributed by atoms with van der Waals surface area (Å²) in [5.41, 5.74) is 0.324. The van der Waals surface area contributed by atoms with Gasteiger partial charge in [-0.3, -0.25) is 4.79 Å². The lowest BCUT2D eigenvalue weighted by Gasteiger charge is -2.21. The van der Waals surface area contributed by atoms with Gasteiger partial charge in [0.25, 0.3) is 5.56 Å². The molecule has 0 aliphatic rings. The molecule has 1 aromatic carbocycles. The average molecular weight is 473 g/mol. The third kappa shape index (κ3) is 5.11. The molecule has 3 rings (SSSR count). The Morgan fingerprint density at radius 2 is 2.09 bits per heavy atom. The van der Waals surface area contributed by atoms with Crippen LogP contribution >= 0.6 is 0 Å². The Morgan fingerprint density at radius 3 is 2.76 bits per heavy atom. The predicted octanol–water partition coefficient (Wildman–Crippen LogP) is 2.20. The summed E-state index contributed by atoms with van der Waals surface area (Å²) in [5.74, 6) is 1.81. The summed E-state index contributed by atoms with van der Waals surface area (Å²) >= 11 is 0. The molecule has 0 aliphatic heterocycles. The number of aromatic amines is 2. The standard InChI is InChI=1S/C23H28N4O5S/c1-5-10-27(11-9-24-15(3)4)33(30,31)16-7-8-19-17(13-16)20-18(23(29)32-12-6-2)14-25-21(20)22(28)26-19/h1,7-8,13-15,24-25H,6,9-12H2,2-4H3,(H,26,28). The Hall–Kier alpha value is -3.13. The lowest BCUT2D eigenvalue weighted by molar-refractivity contribution is 0.0507. The van der Waals surface area contributed by atoms with Gasteiger partial charge in [0.05, 0.1) is 23.6 Å². The average Bonchev–Trinajstić information content (AvgIpc) is 3.23. The number of nitrogens with one attached hydrogen (secondary N) is 3. The van der Waals surface area contributed by atoms with Crippen LogP contribution in [0.4, 0.5) is 0 Å². The number of pyridine rings is 1. The maximum absolute atomic E-state index is 13.4. The summed E-state index contributed by atoms with van der Waals surface area (Å²) in [4.78, 5) is 30.6. The second kappa shape index (κ2) is 10.2. The molecule has 9 nitrogen and oxygen atoms in total. The number of carbonyl (C=O) groups is 1. The number of hydrogen-bond donors (Lipinski definition) is 3. The molecule has 2 heterocycles. The molecule has 0 atom stereocenters. The van der Waals surface area contributed by atoms with Crippen LogP contribution in [-0.4, -0.2) is 60.9 Å². The van der Waals surface area contributed by atoms with Crippen molar-refractivity contribution >= 4 is 37.8 Å². The Balaban J connectivity index is 2.13. The van der Waals surface area contributed by atoms with E-state index in [1.165, 1.54) is 28.7 Å². The lowest BCUT2D eigenvalue weighted by atomic mass is 10.1. The second-order valence-corrected chi connectivity index (χ2v) is 9.84. The minimum atomic E-state index is -3.93. The van der Waals surface area contributed by atoms with Crippen molar-refractivity contribution in [3.63, 3.8) is 0 Å². The van der Waals surface area contributed by atoms with Crippen LogP contribution in [0.25, 0.3) is 21.8 Å². The number of aromatic nitrogens is 2. The van der Waals surface area contributed by atoms with Crippen molar-refractivity contribution in [1.29, 1.82) is 0 Å². The summed E-state index contributed by atoms with van der Waals surface area (Å²) in [6.45, 7) is 6.60. The van der Waals surface area contributed by atoms with Crippen molar-refractivity contribution in [3.8, 4) is 12.3 Å². The largest absolute Gasteiger partial charge is 0.462 e. The highest BCUT2D eigenvalue weighted by atomic mass is 32.2. The molecule has 3 aromatic rings. The lowest BCUT2D eigenvalue weighted by Crippen LogP contribution is -2.38. The fourth-order valence-corrected chi connectivity index (χ4v) is 4.89. The normalized spacial score (nSPS) is 12.0. The number of terminal acetylenes is 1. The van der Waals surface area contributed by atoms with E-state index in [0.29, 0.717) is 29.3 Å². The second-order valence-electron chi connectivity index (χ2n) is 7.90. The highest BCUT2D eigenvalue weighted by Crippen LogP contribution is 2.28. The molecule has 0 fully saturated rings. The maximum atomic E-state index is 13.4. The Bertz CT molecular complexity index is 1370. The molecule has 0 amide bonds. The van der Waals surface area contributed by atoms with Gasteiger partial charge in [-0.25, -0.2) is 13.2 Å². The molecule has 0 spiro atoms. The molecule has 176 valence electrons. The number of sulfonamides is 1. The van der Waals surface area contributed by atoms with Crippen molar-refractivity contribution in [3.05, 3.63) is 40.3 Å². The summed E-state index contributed by atoms with van der Waals surface area (Å²) in [6.07, 6.45) is 7.48. The summed E-state index contributed by atoms with van der Waals surface area (Å²) in [5, 5.41) is 3.91. The van der Waals surface area contributed by atoms with Gasteiger partial charge in [0.1, 0.15) is 5.52 Å². The van der Waals surface area contributed by atoms with E-state index in [9.17, 15) is 18.0 Å². The molecule has 0 aliphatic carbocycles. The molecular formula is C23H28N4O5S. The monoisotopic (exact) mass is 472 g/mol. The van der Waals surface area contributed by atoms with Gasteiger partial charge in [-0.15, -0.1) is 6.42 Å². The van der Waals surface area contributed by atoms with Gasteiger partial charge in [-0.05, 0) is 24.6 Å². The number of rotatable bonds is 10. The summed E-state index contributed by atoms with van der Waals surface area (Å²) < 4.78 is 33.2. The molecule has 0 radical (unpaired) electrons. The number of nitrogens with zero attached hydrogens (tertiary/aromatic N) is 1. The predicted molar refractivity (Wildman–Crippen MR) is 128 cm³/mol. The van der Waals surface area contributed by atoms with Gasteiger partial charge in [-0.1, -0.05) is 26.7 Å². The Kier molecular flexibility index (Phi) is 7.58. The first-order valence-electron chi connectivity index (χ1n) is 10.7. The van der Waals surface area contributed by atoms with Crippen molar-refractivity contribution < 1.29 is 17.9 Å². The van der Waals surface area contributed by atoms with Crippen molar-refractivity contribution in [2.45, 2.75) is 38.1 Å². The number of fused-ring (bicyclic) bond motifs is 3. The van der Waals surface area contributed by atoms with Crippen LogP contribution in [0.5, 0.6) is 0 Å². The minimum absolute atomic E-state index is 0.0113. The molecule has 0 unspecified atom stereocenters. The zero-order valence-electron chi connectivity index (χ0n) is 18.9. The van der Waals surface area contributed by atoms with E-state index >= 15 is 0 Å². The first kappa shape index (κ1) is 24.5. The summed E-state index contributed by atoms with van der Waals surface area (Å²) in [7, 11) is -3.93. The zero-order chi connectivity index (χ0) is 24.2. The quantitative estimate of drug-likeness (QED) is 0.307. The van der Waals surface area contributed by atoms with E-state index < -0.39 is 21.6 Å². The first-order valence-corrected chi connectivity index (χ1v) is 12.2. The van der Waals surface area contributed by atoms with Gasteiger partial charge < -0.3 is 20.0 Å². The molecule has 3 N–H and O–H groups in total. The number of ether oxygens (including phenoxy) is 1.